The quantitative estimate of drug-likeness (QED) is 0.707. The number of esters is 1. The highest BCUT2D eigenvalue weighted by Crippen LogP contribution is 2.18. The predicted octanol–water partition coefficient (Wildman–Crippen LogP) is 0.730. The highest BCUT2D eigenvalue weighted by molar-refractivity contribution is 5.98. The first-order valence-electron chi connectivity index (χ1n) is 8.85. The van der Waals surface area contributed by atoms with Gasteiger partial charge in [-0.25, -0.2) is 4.79 Å². The molecule has 8 nitrogen and oxygen atoms in total. The lowest BCUT2D eigenvalue weighted by Crippen LogP contribution is -2.57. The summed E-state index contributed by atoms with van der Waals surface area (Å²) in [5.41, 5.74) is -0.260. The van der Waals surface area contributed by atoms with E-state index in [4.69, 9.17) is 9.47 Å². The molecular formula is C19H26N2O6. The molecule has 27 heavy (non-hydrogen) atoms. The predicted molar refractivity (Wildman–Crippen MR) is 97.3 cm³/mol. The third-order valence-electron chi connectivity index (χ3n) is 3.85. The van der Waals surface area contributed by atoms with Gasteiger partial charge in [-0.15, -0.1) is 0 Å². The molecule has 1 heterocycles. The Labute approximate surface area is 158 Å². The zero-order valence-electron chi connectivity index (χ0n) is 15.9. The number of carbonyl (C=O) groups excluding carboxylic acids is 3. The monoisotopic (exact) mass is 378 g/mol. The van der Waals surface area contributed by atoms with Gasteiger partial charge in [-0.05, 0) is 45.4 Å². The number of rotatable bonds is 6. The number of carbonyl (C=O) groups is 3. The minimum absolute atomic E-state index is 0.173. The van der Waals surface area contributed by atoms with Gasteiger partial charge in [0.25, 0.3) is 5.91 Å². The number of amides is 2. The van der Waals surface area contributed by atoms with E-state index < -0.39 is 17.6 Å². The summed E-state index contributed by atoms with van der Waals surface area (Å²) in [5, 5.41) is 11.9. The number of hydrogen-bond donors (Lipinski definition) is 2. The molecule has 0 spiro atoms. The fourth-order valence-corrected chi connectivity index (χ4v) is 2.77. The fourth-order valence-electron chi connectivity index (χ4n) is 2.77. The van der Waals surface area contributed by atoms with Gasteiger partial charge in [0.1, 0.15) is 17.4 Å². The Hall–Kier alpha value is -2.61. The largest absolute Gasteiger partial charge is 0.482 e. The number of aliphatic hydroxyl groups excluding tert-OH is 1. The Bertz CT molecular complexity index is 698. The number of piperazine rings is 1. The van der Waals surface area contributed by atoms with Crippen molar-refractivity contribution in [2.24, 2.45) is 0 Å². The average Bonchev–Trinajstić information content (AvgIpc) is 2.60. The van der Waals surface area contributed by atoms with Crippen molar-refractivity contribution in [2.45, 2.75) is 38.8 Å². The van der Waals surface area contributed by atoms with E-state index in [1.807, 2.05) is 0 Å². The zero-order valence-corrected chi connectivity index (χ0v) is 15.9. The zero-order chi connectivity index (χ0) is 20.0. The molecule has 2 amide bonds. The van der Waals surface area contributed by atoms with Crippen LogP contribution in [0.15, 0.2) is 24.3 Å². The maximum absolute atomic E-state index is 12.8. The van der Waals surface area contributed by atoms with Crippen molar-refractivity contribution in [3.63, 3.8) is 0 Å². The lowest BCUT2D eigenvalue weighted by atomic mass is 10.1. The first-order chi connectivity index (χ1) is 12.7. The SMILES string of the molecule is CC(C)(C)OC(=O)COc1cccc(C(=O)N2CCNC(=O)C2CCO)c1. The molecule has 0 aromatic heterocycles. The molecule has 148 valence electrons. The second-order valence-corrected chi connectivity index (χ2v) is 7.22. The van der Waals surface area contributed by atoms with Crippen LogP contribution in [0.25, 0.3) is 0 Å². The van der Waals surface area contributed by atoms with Gasteiger partial charge in [-0.3, -0.25) is 9.59 Å². The van der Waals surface area contributed by atoms with E-state index in [1.54, 1.807) is 39.0 Å². The van der Waals surface area contributed by atoms with Gasteiger partial charge >= 0.3 is 5.97 Å². The van der Waals surface area contributed by atoms with Gasteiger partial charge < -0.3 is 24.8 Å². The van der Waals surface area contributed by atoms with E-state index in [1.165, 1.54) is 11.0 Å². The number of aliphatic hydroxyl groups is 1. The van der Waals surface area contributed by atoms with Crippen LogP contribution in [-0.2, 0) is 14.3 Å². The molecule has 0 bridgehead atoms. The van der Waals surface area contributed by atoms with Crippen LogP contribution in [0.4, 0.5) is 0 Å². The van der Waals surface area contributed by atoms with Crippen LogP contribution in [0.1, 0.15) is 37.6 Å². The highest BCUT2D eigenvalue weighted by atomic mass is 16.6. The molecule has 2 rings (SSSR count). The Morgan fingerprint density at radius 3 is 2.74 bits per heavy atom. The maximum Gasteiger partial charge on any atom is 0.344 e. The summed E-state index contributed by atoms with van der Waals surface area (Å²) in [6.45, 7) is 5.56. The average molecular weight is 378 g/mol. The summed E-state index contributed by atoms with van der Waals surface area (Å²) in [7, 11) is 0. The Morgan fingerprint density at radius 1 is 1.33 bits per heavy atom. The third kappa shape index (κ3) is 5.96. The van der Waals surface area contributed by atoms with E-state index in [-0.39, 0.29) is 31.4 Å². The summed E-state index contributed by atoms with van der Waals surface area (Å²) in [5.74, 6) is -0.756. The van der Waals surface area contributed by atoms with Crippen molar-refractivity contribution in [1.29, 1.82) is 0 Å². The normalized spacial score (nSPS) is 17.3. The van der Waals surface area contributed by atoms with Crippen LogP contribution < -0.4 is 10.1 Å². The smallest absolute Gasteiger partial charge is 0.344 e. The second-order valence-electron chi connectivity index (χ2n) is 7.22. The van der Waals surface area contributed by atoms with E-state index in [9.17, 15) is 19.5 Å². The summed E-state index contributed by atoms with van der Waals surface area (Å²) in [4.78, 5) is 38.0. The lowest BCUT2D eigenvalue weighted by Gasteiger charge is -2.34. The standard InChI is InChI=1S/C19H26N2O6/c1-19(2,3)27-16(23)12-26-14-6-4-5-13(11-14)18(25)21-9-8-20-17(24)15(21)7-10-22/h4-6,11,15,22H,7-10,12H2,1-3H3,(H,20,24). The molecule has 1 aromatic carbocycles. The van der Waals surface area contributed by atoms with Crippen LogP contribution in [0.3, 0.4) is 0 Å². The van der Waals surface area contributed by atoms with Crippen molar-refractivity contribution in [3.05, 3.63) is 29.8 Å². The number of nitrogens with zero attached hydrogens (tertiary/aromatic N) is 1. The molecule has 1 saturated heterocycles. The first kappa shape index (κ1) is 20.7. The van der Waals surface area contributed by atoms with Crippen molar-refractivity contribution >= 4 is 17.8 Å². The van der Waals surface area contributed by atoms with Gasteiger partial charge in [-0.1, -0.05) is 6.07 Å². The number of hydrogen-bond acceptors (Lipinski definition) is 6. The van der Waals surface area contributed by atoms with Crippen LogP contribution in [0, 0.1) is 0 Å². The summed E-state index contributed by atoms with van der Waals surface area (Å²) >= 11 is 0. The van der Waals surface area contributed by atoms with Crippen molar-refractivity contribution in [3.8, 4) is 5.75 Å². The molecule has 1 aliphatic rings. The molecule has 1 aliphatic heterocycles. The fraction of sp³-hybridized carbons (Fsp3) is 0.526. The van der Waals surface area contributed by atoms with Gasteiger partial charge in [-0.2, -0.15) is 0 Å². The molecule has 1 fully saturated rings. The second kappa shape index (κ2) is 8.85. The van der Waals surface area contributed by atoms with Crippen molar-refractivity contribution in [1.82, 2.24) is 10.2 Å². The Kier molecular flexibility index (Phi) is 6.79. The van der Waals surface area contributed by atoms with Crippen molar-refractivity contribution < 1.29 is 29.0 Å². The van der Waals surface area contributed by atoms with Gasteiger partial charge in [0.2, 0.25) is 5.91 Å². The van der Waals surface area contributed by atoms with E-state index >= 15 is 0 Å². The molecule has 2 N–H and O–H groups in total. The van der Waals surface area contributed by atoms with Gasteiger partial charge in [0, 0.05) is 25.3 Å². The van der Waals surface area contributed by atoms with Crippen LogP contribution in [0.2, 0.25) is 0 Å². The minimum atomic E-state index is -0.706. The lowest BCUT2D eigenvalue weighted by molar-refractivity contribution is -0.157. The van der Waals surface area contributed by atoms with Crippen LogP contribution in [-0.4, -0.2) is 65.7 Å². The number of benzene rings is 1. The summed E-state index contributed by atoms with van der Waals surface area (Å²) in [6.07, 6.45) is 0.173. The molecular weight excluding hydrogens is 352 g/mol. The minimum Gasteiger partial charge on any atom is -0.482 e. The molecule has 0 aliphatic carbocycles. The molecule has 0 saturated carbocycles. The maximum atomic E-state index is 12.8. The van der Waals surface area contributed by atoms with Crippen LogP contribution >= 0.6 is 0 Å². The molecule has 1 unspecified atom stereocenters. The molecule has 1 atom stereocenters. The molecule has 8 heteroatoms. The topological polar surface area (TPSA) is 105 Å². The first-order valence-corrected chi connectivity index (χ1v) is 8.85. The Balaban J connectivity index is 2.06. The van der Waals surface area contributed by atoms with E-state index in [0.29, 0.717) is 24.4 Å². The number of ether oxygens (including phenoxy) is 2. The van der Waals surface area contributed by atoms with Gasteiger partial charge in [0.15, 0.2) is 6.61 Å². The van der Waals surface area contributed by atoms with Gasteiger partial charge in [0.05, 0.1) is 0 Å². The van der Waals surface area contributed by atoms with E-state index in [0.717, 1.165) is 0 Å². The molecule has 1 aromatic rings. The van der Waals surface area contributed by atoms with Crippen LogP contribution in [0.5, 0.6) is 5.75 Å². The highest BCUT2D eigenvalue weighted by Gasteiger charge is 2.33. The van der Waals surface area contributed by atoms with E-state index in [2.05, 4.69) is 5.32 Å². The summed E-state index contributed by atoms with van der Waals surface area (Å²) in [6, 6.07) is 5.71. The Morgan fingerprint density at radius 2 is 2.07 bits per heavy atom. The summed E-state index contributed by atoms with van der Waals surface area (Å²) < 4.78 is 10.6. The van der Waals surface area contributed by atoms with Crippen molar-refractivity contribution in [2.75, 3.05) is 26.3 Å². The number of nitrogens with one attached hydrogen (secondary N) is 1. The third-order valence-corrected chi connectivity index (χ3v) is 3.85. The molecule has 0 radical (unpaired) electrons.